The molecule has 3 aromatic rings. The number of carbonyl (C=O) groups excluding carboxylic acids is 2. The predicted molar refractivity (Wildman–Crippen MR) is 110 cm³/mol. The summed E-state index contributed by atoms with van der Waals surface area (Å²) in [7, 11) is 3.10. The first-order chi connectivity index (χ1) is 13.2. The van der Waals surface area contributed by atoms with Gasteiger partial charge in [-0.15, -0.1) is 0 Å². The molecule has 0 aliphatic carbocycles. The summed E-state index contributed by atoms with van der Waals surface area (Å²) in [6.07, 6.45) is 0. The molecule has 0 aliphatic heterocycles. The number of nitrogens with one attached hydrogen (secondary N) is 2. The number of rotatable bonds is 4. The van der Waals surface area contributed by atoms with Crippen molar-refractivity contribution in [3.63, 3.8) is 0 Å². The third kappa shape index (κ3) is 4.19. The van der Waals surface area contributed by atoms with Crippen molar-refractivity contribution in [2.45, 2.75) is 26.3 Å². The zero-order valence-electron chi connectivity index (χ0n) is 16.8. The zero-order valence-corrected chi connectivity index (χ0v) is 16.8. The number of amides is 3. The minimum Gasteiger partial charge on any atom is -0.495 e. The summed E-state index contributed by atoms with van der Waals surface area (Å²) in [5, 5.41) is 7.50. The molecule has 0 saturated carbocycles. The number of hydrogen-bond donors (Lipinski definition) is 2. The van der Waals surface area contributed by atoms with Gasteiger partial charge in [0.15, 0.2) is 0 Å². The maximum atomic E-state index is 12.5. The monoisotopic (exact) mass is 383 g/mol. The second kappa shape index (κ2) is 7.42. The summed E-state index contributed by atoms with van der Waals surface area (Å²) in [4.78, 5) is 25.9. The van der Waals surface area contributed by atoms with Crippen LogP contribution in [0.15, 0.2) is 40.8 Å². The lowest BCUT2D eigenvalue weighted by Crippen LogP contribution is -2.47. The Labute approximate surface area is 163 Å². The van der Waals surface area contributed by atoms with E-state index in [1.807, 2.05) is 51.1 Å². The van der Waals surface area contributed by atoms with E-state index in [-0.39, 0.29) is 18.0 Å². The van der Waals surface area contributed by atoms with Crippen LogP contribution in [0.2, 0.25) is 0 Å². The van der Waals surface area contributed by atoms with Gasteiger partial charge in [-0.05, 0) is 32.9 Å². The normalized spacial score (nSPS) is 11.5. The van der Waals surface area contributed by atoms with Crippen LogP contribution >= 0.6 is 0 Å². The molecule has 7 nitrogen and oxygen atoms in total. The van der Waals surface area contributed by atoms with Crippen LogP contribution in [-0.2, 0) is 4.79 Å². The first kappa shape index (κ1) is 19.5. The fourth-order valence-electron chi connectivity index (χ4n) is 2.97. The average Bonchev–Trinajstić information content (AvgIpc) is 2.96. The number of likely N-dealkylation sites (N-methyl/N-ethyl adjacent to an activating group) is 1. The molecule has 3 rings (SSSR count). The van der Waals surface area contributed by atoms with Gasteiger partial charge in [-0.25, -0.2) is 4.79 Å². The number of nitrogens with zero attached hydrogens (tertiary/aromatic N) is 1. The highest BCUT2D eigenvalue weighted by Crippen LogP contribution is 2.36. The van der Waals surface area contributed by atoms with Gasteiger partial charge in [0.1, 0.15) is 23.5 Å². The Balaban J connectivity index is 1.81. The Morgan fingerprint density at radius 3 is 2.50 bits per heavy atom. The van der Waals surface area contributed by atoms with E-state index in [4.69, 9.17) is 9.15 Å². The average molecular weight is 383 g/mol. The summed E-state index contributed by atoms with van der Waals surface area (Å²) in [5.74, 6) is 0.282. The summed E-state index contributed by atoms with van der Waals surface area (Å²) >= 11 is 0. The lowest BCUT2D eigenvalue weighted by molar-refractivity contribution is -0.122. The van der Waals surface area contributed by atoms with E-state index in [1.54, 1.807) is 20.2 Å². The number of para-hydroxylation sites is 1. The third-order valence-corrected chi connectivity index (χ3v) is 4.18. The molecular weight excluding hydrogens is 358 g/mol. The number of urea groups is 1. The fourth-order valence-corrected chi connectivity index (χ4v) is 2.97. The van der Waals surface area contributed by atoms with Gasteiger partial charge in [-0.2, -0.15) is 0 Å². The molecule has 28 heavy (non-hydrogen) atoms. The molecule has 0 bridgehead atoms. The smallest absolute Gasteiger partial charge is 0.322 e. The maximum Gasteiger partial charge on any atom is 0.322 e. The number of methoxy groups -OCH3 is 1. The lowest BCUT2D eigenvalue weighted by Gasteiger charge is -2.23. The number of anilines is 1. The van der Waals surface area contributed by atoms with Crippen LogP contribution in [0.25, 0.3) is 21.9 Å². The summed E-state index contributed by atoms with van der Waals surface area (Å²) in [6.45, 7) is 5.60. The van der Waals surface area contributed by atoms with E-state index in [9.17, 15) is 9.59 Å². The molecule has 7 heteroatoms. The minimum absolute atomic E-state index is 0.0572. The molecule has 3 amide bonds. The largest absolute Gasteiger partial charge is 0.495 e. The lowest BCUT2D eigenvalue weighted by atomic mass is 10.1. The summed E-state index contributed by atoms with van der Waals surface area (Å²) < 4.78 is 11.3. The number of hydrogen-bond acceptors (Lipinski definition) is 4. The number of fused-ring (bicyclic) bond motifs is 3. The Bertz CT molecular complexity index is 1030. The van der Waals surface area contributed by atoms with Gasteiger partial charge in [0.05, 0.1) is 12.8 Å². The fraction of sp³-hybridized carbons (Fsp3) is 0.333. The Morgan fingerprint density at radius 2 is 1.82 bits per heavy atom. The molecule has 0 aliphatic rings. The molecule has 0 radical (unpaired) electrons. The predicted octanol–water partition coefficient (Wildman–Crippen LogP) is 3.97. The van der Waals surface area contributed by atoms with Gasteiger partial charge in [0, 0.05) is 29.4 Å². The van der Waals surface area contributed by atoms with Gasteiger partial charge in [0.2, 0.25) is 5.91 Å². The number of benzene rings is 2. The first-order valence-corrected chi connectivity index (χ1v) is 9.00. The van der Waals surface area contributed by atoms with Crippen LogP contribution in [0.4, 0.5) is 10.5 Å². The third-order valence-electron chi connectivity index (χ3n) is 4.18. The van der Waals surface area contributed by atoms with E-state index >= 15 is 0 Å². The molecule has 1 aromatic heterocycles. The van der Waals surface area contributed by atoms with Crippen molar-refractivity contribution in [2.24, 2.45) is 0 Å². The topological polar surface area (TPSA) is 83.8 Å². The van der Waals surface area contributed by atoms with Crippen molar-refractivity contribution < 1.29 is 18.7 Å². The Kier molecular flexibility index (Phi) is 5.18. The van der Waals surface area contributed by atoms with Crippen molar-refractivity contribution in [1.29, 1.82) is 0 Å². The molecule has 1 heterocycles. The highest BCUT2D eigenvalue weighted by molar-refractivity contribution is 6.07. The van der Waals surface area contributed by atoms with Gasteiger partial charge in [-0.1, -0.05) is 18.2 Å². The van der Waals surface area contributed by atoms with E-state index in [2.05, 4.69) is 10.6 Å². The SMILES string of the molecule is COc1cc2c(cc1NC(=O)N(C)CC(=O)NC(C)(C)C)oc1ccccc12. The quantitative estimate of drug-likeness (QED) is 0.714. The van der Waals surface area contributed by atoms with Crippen LogP contribution in [0.5, 0.6) is 5.75 Å². The number of carbonyl (C=O) groups is 2. The molecule has 2 aromatic carbocycles. The van der Waals surface area contributed by atoms with Crippen molar-refractivity contribution >= 4 is 39.6 Å². The molecular formula is C21H25N3O4. The van der Waals surface area contributed by atoms with Crippen molar-refractivity contribution in [3.05, 3.63) is 36.4 Å². The van der Waals surface area contributed by atoms with Gasteiger partial charge in [0.25, 0.3) is 0 Å². The molecule has 0 atom stereocenters. The number of ether oxygens (including phenoxy) is 1. The second-order valence-corrected chi connectivity index (χ2v) is 7.73. The van der Waals surface area contributed by atoms with Gasteiger partial charge in [-0.3, -0.25) is 4.79 Å². The zero-order chi connectivity index (χ0) is 20.5. The van der Waals surface area contributed by atoms with Crippen LogP contribution in [-0.4, -0.2) is 43.1 Å². The van der Waals surface area contributed by atoms with Crippen LogP contribution in [0.1, 0.15) is 20.8 Å². The summed E-state index contributed by atoms with van der Waals surface area (Å²) in [6, 6.07) is 10.9. The molecule has 0 saturated heterocycles. The minimum atomic E-state index is -0.419. The summed E-state index contributed by atoms with van der Waals surface area (Å²) in [5.41, 5.74) is 1.52. The van der Waals surface area contributed by atoms with E-state index < -0.39 is 6.03 Å². The second-order valence-electron chi connectivity index (χ2n) is 7.73. The Morgan fingerprint density at radius 1 is 1.11 bits per heavy atom. The molecule has 0 spiro atoms. The standard InChI is InChI=1S/C21H25N3O4/c1-21(2,3)23-19(25)12-24(4)20(26)22-15-11-17-14(10-18(15)27-5)13-8-6-7-9-16(13)28-17/h6-11H,12H2,1-5H3,(H,22,26)(H,23,25). The van der Waals surface area contributed by atoms with E-state index in [1.165, 1.54) is 4.90 Å². The van der Waals surface area contributed by atoms with Crippen molar-refractivity contribution in [2.75, 3.05) is 26.0 Å². The van der Waals surface area contributed by atoms with Crippen LogP contribution < -0.4 is 15.4 Å². The van der Waals surface area contributed by atoms with Gasteiger partial charge >= 0.3 is 6.03 Å². The van der Waals surface area contributed by atoms with E-state index in [0.29, 0.717) is 17.0 Å². The van der Waals surface area contributed by atoms with Crippen molar-refractivity contribution in [3.8, 4) is 5.75 Å². The first-order valence-electron chi connectivity index (χ1n) is 9.00. The molecule has 0 fully saturated rings. The highest BCUT2D eigenvalue weighted by Gasteiger charge is 2.19. The van der Waals surface area contributed by atoms with E-state index in [0.717, 1.165) is 16.4 Å². The van der Waals surface area contributed by atoms with Crippen LogP contribution in [0.3, 0.4) is 0 Å². The molecule has 2 N–H and O–H groups in total. The van der Waals surface area contributed by atoms with Crippen LogP contribution in [0, 0.1) is 0 Å². The molecule has 148 valence electrons. The van der Waals surface area contributed by atoms with Crippen molar-refractivity contribution in [1.82, 2.24) is 10.2 Å². The highest BCUT2D eigenvalue weighted by atomic mass is 16.5. The number of furan rings is 1. The molecule has 0 unspecified atom stereocenters. The Hall–Kier alpha value is -3.22. The maximum absolute atomic E-state index is 12.5. The van der Waals surface area contributed by atoms with Gasteiger partial charge < -0.3 is 24.7 Å².